The van der Waals surface area contributed by atoms with E-state index in [-0.39, 0.29) is 35.7 Å². The summed E-state index contributed by atoms with van der Waals surface area (Å²) in [4.78, 5) is 0. The third-order valence-electron chi connectivity index (χ3n) is 4.29. The van der Waals surface area contributed by atoms with Crippen molar-refractivity contribution in [3.8, 4) is 5.75 Å². The van der Waals surface area contributed by atoms with Gasteiger partial charge in [0.1, 0.15) is 0 Å². The first-order valence-corrected chi connectivity index (χ1v) is 6.70. The van der Waals surface area contributed by atoms with Gasteiger partial charge >= 0.3 is 0 Å². The van der Waals surface area contributed by atoms with Crippen LogP contribution in [-0.2, 0) is 4.74 Å². The Bertz CT molecular complexity index is 452. The first kappa shape index (κ1) is 14.3. The van der Waals surface area contributed by atoms with Crippen molar-refractivity contribution in [3.63, 3.8) is 0 Å². The Kier molecular flexibility index (Phi) is 4.11. The van der Waals surface area contributed by atoms with Crippen molar-refractivity contribution in [2.45, 2.75) is 39.0 Å². The van der Waals surface area contributed by atoms with Crippen molar-refractivity contribution < 1.29 is 13.9 Å². The van der Waals surface area contributed by atoms with Gasteiger partial charge in [-0.05, 0) is 37.5 Å². The molecule has 0 amide bonds. The van der Waals surface area contributed by atoms with Crippen molar-refractivity contribution in [1.82, 2.24) is 0 Å². The number of rotatable bonds is 3. The Hall–Kier alpha value is -1.13. The van der Waals surface area contributed by atoms with Crippen LogP contribution in [0.1, 0.15) is 32.4 Å². The van der Waals surface area contributed by atoms with Gasteiger partial charge in [-0.15, -0.1) is 0 Å². The second-order valence-electron chi connectivity index (χ2n) is 5.40. The quantitative estimate of drug-likeness (QED) is 0.915. The average molecular weight is 267 g/mol. The normalized spacial score (nSPS) is 32.3. The van der Waals surface area contributed by atoms with Crippen LogP contribution in [0.5, 0.6) is 5.75 Å². The topological polar surface area (TPSA) is 44.5 Å². The minimum absolute atomic E-state index is 0.0881. The van der Waals surface area contributed by atoms with Gasteiger partial charge in [-0.25, -0.2) is 4.39 Å². The van der Waals surface area contributed by atoms with Gasteiger partial charge in [0.2, 0.25) is 0 Å². The van der Waals surface area contributed by atoms with Crippen LogP contribution < -0.4 is 10.5 Å². The molecular weight excluding hydrogens is 245 g/mol. The highest BCUT2D eigenvalue weighted by atomic mass is 19.1. The average Bonchev–Trinajstić information content (AvgIpc) is 2.62. The summed E-state index contributed by atoms with van der Waals surface area (Å²) in [5.74, 6) is 0.425. The largest absolute Gasteiger partial charge is 0.494 e. The Morgan fingerprint density at radius 1 is 1.26 bits per heavy atom. The van der Waals surface area contributed by atoms with E-state index in [9.17, 15) is 4.39 Å². The molecule has 106 valence electrons. The number of halogens is 1. The Morgan fingerprint density at radius 2 is 1.95 bits per heavy atom. The third-order valence-corrected chi connectivity index (χ3v) is 4.29. The standard InChI is InChI=1S/C15H22FNO2/c1-8-9(2)19-10(3)14(8)15(17)11-5-6-13(18-4)12(16)7-11/h5-10,14-15H,17H2,1-4H3. The predicted molar refractivity (Wildman–Crippen MR) is 72.5 cm³/mol. The lowest BCUT2D eigenvalue weighted by molar-refractivity contribution is 0.0489. The smallest absolute Gasteiger partial charge is 0.165 e. The molecule has 1 saturated heterocycles. The lowest BCUT2D eigenvalue weighted by atomic mass is 9.81. The molecule has 0 saturated carbocycles. The van der Waals surface area contributed by atoms with Crippen LogP contribution in [0.15, 0.2) is 18.2 Å². The van der Waals surface area contributed by atoms with E-state index in [1.54, 1.807) is 6.07 Å². The molecule has 1 aliphatic heterocycles. The number of methoxy groups -OCH3 is 1. The molecule has 5 unspecified atom stereocenters. The van der Waals surface area contributed by atoms with Gasteiger partial charge in [-0.1, -0.05) is 13.0 Å². The molecule has 1 aliphatic rings. The van der Waals surface area contributed by atoms with Gasteiger partial charge in [0, 0.05) is 12.0 Å². The van der Waals surface area contributed by atoms with E-state index in [2.05, 4.69) is 13.8 Å². The number of hydrogen-bond donors (Lipinski definition) is 1. The van der Waals surface area contributed by atoms with E-state index in [0.717, 1.165) is 5.56 Å². The van der Waals surface area contributed by atoms with E-state index in [1.807, 2.05) is 13.0 Å². The third kappa shape index (κ3) is 2.60. The van der Waals surface area contributed by atoms with Crippen molar-refractivity contribution in [2.75, 3.05) is 7.11 Å². The van der Waals surface area contributed by atoms with Gasteiger partial charge in [0.05, 0.1) is 19.3 Å². The first-order chi connectivity index (χ1) is 8.95. The molecule has 0 bridgehead atoms. The summed E-state index contributed by atoms with van der Waals surface area (Å²) >= 11 is 0. The van der Waals surface area contributed by atoms with E-state index in [0.29, 0.717) is 5.92 Å². The lowest BCUT2D eigenvalue weighted by Gasteiger charge is -2.26. The van der Waals surface area contributed by atoms with Crippen LogP contribution in [0.3, 0.4) is 0 Å². The second-order valence-corrected chi connectivity index (χ2v) is 5.40. The van der Waals surface area contributed by atoms with Crippen molar-refractivity contribution in [1.29, 1.82) is 0 Å². The maximum Gasteiger partial charge on any atom is 0.165 e. The maximum absolute atomic E-state index is 13.8. The summed E-state index contributed by atoms with van der Waals surface area (Å²) in [6.45, 7) is 6.23. The van der Waals surface area contributed by atoms with Crippen LogP contribution in [0.4, 0.5) is 4.39 Å². The highest BCUT2D eigenvalue weighted by Gasteiger charge is 2.40. The van der Waals surface area contributed by atoms with E-state index < -0.39 is 0 Å². The van der Waals surface area contributed by atoms with Gasteiger partial charge in [-0.3, -0.25) is 0 Å². The number of benzene rings is 1. The highest BCUT2D eigenvalue weighted by Crippen LogP contribution is 2.39. The molecule has 19 heavy (non-hydrogen) atoms. The van der Waals surface area contributed by atoms with Crippen molar-refractivity contribution in [3.05, 3.63) is 29.6 Å². The molecule has 2 N–H and O–H groups in total. The fourth-order valence-electron chi connectivity index (χ4n) is 3.02. The summed E-state index contributed by atoms with van der Waals surface area (Å²) in [7, 11) is 1.45. The van der Waals surface area contributed by atoms with Crippen LogP contribution in [-0.4, -0.2) is 19.3 Å². The monoisotopic (exact) mass is 267 g/mol. The van der Waals surface area contributed by atoms with Gasteiger partial charge < -0.3 is 15.2 Å². The Labute approximate surface area is 113 Å². The molecule has 5 atom stereocenters. The minimum atomic E-state index is -0.372. The number of hydrogen-bond acceptors (Lipinski definition) is 3. The SMILES string of the molecule is COc1ccc(C(N)C2C(C)OC(C)C2C)cc1F. The molecule has 1 fully saturated rings. The first-order valence-electron chi connectivity index (χ1n) is 6.70. The molecule has 0 spiro atoms. The van der Waals surface area contributed by atoms with E-state index in [1.165, 1.54) is 13.2 Å². The number of nitrogens with two attached hydrogens (primary N) is 1. The number of ether oxygens (including phenoxy) is 2. The molecule has 0 aliphatic carbocycles. The van der Waals surface area contributed by atoms with Crippen LogP contribution in [0.2, 0.25) is 0 Å². The molecule has 1 aromatic rings. The molecular formula is C15H22FNO2. The van der Waals surface area contributed by atoms with Gasteiger partial charge in [0.15, 0.2) is 11.6 Å². The molecule has 1 heterocycles. The fourth-order valence-corrected chi connectivity index (χ4v) is 3.02. The summed E-state index contributed by atoms with van der Waals surface area (Å²) in [5, 5.41) is 0. The molecule has 2 rings (SSSR count). The molecule has 4 heteroatoms. The fraction of sp³-hybridized carbons (Fsp3) is 0.600. The van der Waals surface area contributed by atoms with E-state index >= 15 is 0 Å². The van der Waals surface area contributed by atoms with Crippen LogP contribution in [0, 0.1) is 17.7 Å². The predicted octanol–water partition coefficient (Wildman–Crippen LogP) is 2.89. The van der Waals surface area contributed by atoms with Crippen molar-refractivity contribution in [2.24, 2.45) is 17.6 Å². The minimum Gasteiger partial charge on any atom is -0.494 e. The van der Waals surface area contributed by atoms with Gasteiger partial charge in [-0.2, -0.15) is 0 Å². The highest BCUT2D eigenvalue weighted by molar-refractivity contribution is 5.31. The summed E-state index contributed by atoms with van der Waals surface area (Å²) in [6, 6.07) is 4.69. The Balaban J connectivity index is 2.24. The van der Waals surface area contributed by atoms with Crippen molar-refractivity contribution >= 4 is 0 Å². The summed E-state index contributed by atoms with van der Waals surface area (Å²) in [5.41, 5.74) is 7.11. The summed E-state index contributed by atoms with van der Waals surface area (Å²) in [6.07, 6.45) is 0.277. The zero-order valence-corrected chi connectivity index (χ0v) is 11.9. The second kappa shape index (κ2) is 5.47. The van der Waals surface area contributed by atoms with E-state index in [4.69, 9.17) is 15.2 Å². The zero-order valence-electron chi connectivity index (χ0n) is 11.9. The van der Waals surface area contributed by atoms with Gasteiger partial charge in [0.25, 0.3) is 0 Å². The van der Waals surface area contributed by atoms with Crippen LogP contribution in [0.25, 0.3) is 0 Å². The lowest BCUT2D eigenvalue weighted by Crippen LogP contribution is -2.30. The zero-order chi connectivity index (χ0) is 14.2. The summed E-state index contributed by atoms with van der Waals surface area (Å²) < 4.78 is 24.5. The van der Waals surface area contributed by atoms with Crippen LogP contribution >= 0.6 is 0 Å². The molecule has 3 nitrogen and oxygen atoms in total. The molecule has 0 aromatic heterocycles. The molecule has 1 aromatic carbocycles. The maximum atomic E-state index is 13.8. The molecule has 0 radical (unpaired) electrons. The Morgan fingerprint density at radius 3 is 2.42 bits per heavy atom.